The van der Waals surface area contributed by atoms with Gasteiger partial charge in [0.15, 0.2) is 0 Å². The lowest BCUT2D eigenvalue weighted by Crippen LogP contribution is -2.15. The number of esters is 1. The molecular weight excluding hydrogens is 154 g/mol. The second-order valence-corrected chi connectivity index (χ2v) is 3.78. The van der Waals surface area contributed by atoms with Crippen LogP contribution in [0.1, 0.15) is 13.3 Å². The van der Waals surface area contributed by atoms with Gasteiger partial charge in [0.25, 0.3) is 0 Å². The highest BCUT2D eigenvalue weighted by Gasteiger charge is 2.51. The van der Waals surface area contributed by atoms with Gasteiger partial charge >= 0.3 is 5.97 Å². The molecule has 0 aromatic rings. The first kappa shape index (κ1) is 8.05. The van der Waals surface area contributed by atoms with Crippen molar-refractivity contribution in [1.82, 2.24) is 5.32 Å². The molecule has 1 saturated heterocycles. The number of piperidine rings is 1. The van der Waals surface area contributed by atoms with Crippen LogP contribution >= 0.6 is 0 Å². The van der Waals surface area contributed by atoms with E-state index in [1.165, 1.54) is 20.0 Å². The van der Waals surface area contributed by atoms with Gasteiger partial charge in [-0.05, 0) is 37.3 Å². The highest BCUT2D eigenvalue weighted by molar-refractivity contribution is 5.65. The Hall–Kier alpha value is -0.570. The van der Waals surface area contributed by atoms with Crippen molar-refractivity contribution in [2.75, 3.05) is 19.7 Å². The van der Waals surface area contributed by atoms with Crippen molar-refractivity contribution in [3.8, 4) is 0 Å². The van der Waals surface area contributed by atoms with Gasteiger partial charge < -0.3 is 10.1 Å². The molecule has 2 rings (SSSR count). The monoisotopic (exact) mass is 169 g/mol. The number of rotatable bonds is 3. The van der Waals surface area contributed by atoms with E-state index in [1.54, 1.807) is 0 Å². The maximum absolute atomic E-state index is 10.5. The number of carbonyl (C=O) groups excluding carboxylic acids is 1. The van der Waals surface area contributed by atoms with Crippen LogP contribution in [0.15, 0.2) is 0 Å². The second-order valence-electron chi connectivity index (χ2n) is 3.78. The molecule has 1 unspecified atom stereocenters. The number of hydrogen-bond donors (Lipinski definition) is 1. The fraction of sp³-hybridized carbons (Fsp3) is 0.889. The summed E-state index contributed by atoms with van der Waals surface area (Å²) in [4.78, 5) is 10.5. The Kier molecular flexibility index (Phi) is 2.05. The van der Waals surface area contributed by atoms with Crippen LogP contribution in [-0.2, 0) is 9.53 Å². The van der Waals surface area contributed by atoms with Crippen LogP contribution < -0.4 is 5.32 Å². The quantitative estimate of drug-likeness (QED) is 0.622. The minimum Gasteiger partial charge on any atom is -0.466 e. The maximum Gasteiger partial charge on any atom is 0.302 e. The zero-order valence-corrected chi connectivity index (χ0v) is 7.38. The van der Waals surface area contributed by atoms with Crippen LogP contribution in [0.5, 0.6) is 0 Å². The van der Waals surface area contributed by atoms with Crippen molar-refractivity contribution >= 4 is 5.97 Å². The standard InChI is InChI=1S/C9H15NO2/c1-6(11)12-3-2-7-8-4-10-5-9(7)8/h7-10H,2-5H2,1H3/t7?,8-,9+. The summed E-state index contributed by atoms with van der Waals surface area (Å²) < 4.78 is 4.90. The highest BCUT2D eigenvalue weighted by Crippen LogP contribution is 2.50. The first-order valence-corrected chi connectivity index (χ1v) is 4.63. The molecule has 0 aromatic heterocycles. The van der Waals surface area contributed by atoms with Crippen molar-refractivity contribution < 1.29 is 9.53 Å². The number of ether oxygens (including phenoxy) is 1. The van der Waals surface area contributed by atoms with E-state index in [0.29, 0.717) is 6.61 Å². The molecule has 3 heteroatoms. The average Bonchev–Trinajstić information content (AvgIpc) is 2.49. The van der Waals surface area contributed by atoms with Gasteiger partial charge in [0.05, 0.1) is 6.61 Å². The molecule has 1 aliphatic carbocycles. The van der Waals surface area contributed by atoms with Gasteiger partial charge in [-0.1, -0.05) is 0 Å². The van der Waals surface area contributed by atoms with Gasteiger partial charge in [-0.2, -0.15) is 0 Å². The Morgan fingerprint density at radius 2 is 2.17 bits per heavy atom. The number of fused-ring (bicyclic) bond motifs is 1. The summed E-state index contributed by atoms with van der Waals surface area (Å²) in [5.41, 5.74) is 0. The molecule has 0 bridgehead atoms. The van der Waals surface area contributed by atoms with E-state index < -0.39 is 0 Å². The summed E-state index contributed by atoms with van der Waals surface area (Å²) in [6, 6.07) is 0. The van der Waals surface area contributed by atoms with Crippen LogP contribution in [0.2, 0.25) is 0 Å². The first-order chi connectivity index (χ1) is 5.79. The lowest BCUT2D eigenvalue weighted by molar-refractivity contribution is -0.141. The van der Waals surface area contributed by atoms with Crippen molar-refractivity contribution in [2.45, 2.75) is 13.3 Å². The van der Waals surface area contributed by atoms with E-state index in [9.17, 15) is 4.79 Å². The molecule has 0 amide bonds. The van der Waals surface area contributed by atoms with Crippen molar-refractivity contribution in [2.24, 2.45) is 17.8 Å². The molecule has 3 nitrogen and oxygen atoms in total. The fourth-order valence-corrected chi connectivity index (χ4v) is 2.31. The lowest BCUT2D eigenvalue weighted by atomic mass is 10.2. The molecular formula is C9H15NO2. The van der Waals surface area contributed by atoms with Gasteiger partial charge in [-0.3, -0.25) is 4.79 Å². The smallest absolute Gasteiger partial charge is 0.302 e. The molecule has 3 atom stereocenters. The van der Waals surface area contributed by atoms with E-state index in [4.69, 9.17) is 4.74 Å². The zero-order chi connectivity index (χ0) is 8.55. The predicted molar refractivity (Wildman–Crippen MR) is 44.6 cm³/mol. The third kappa shape index (κ3) is 1.46. The normalized spacial score (nSPS) is 37.6. The van der Waals surface area contributed by atoms with E-state index in [2.05, 4.69) is 5.32 Å². The Balaban J connectivity index is 1.61. The third-order valence-electron chi connectivity index (χ3n) is 3.03. The topological polar surface area (TPSA) is 38.3 Å². The Morgan fingerprint density at radius 1 is 1.50 bits per heavy atom. The number of carbonyl (C=O) groups is 1. The SMILES string of the molecule is CC(=O)OCCC1[C@H]2CNC[C@@H]12. The first-order valence-electron chi connectivity index (χ1n) is 4.63. The fourth-order valence-electron chi connectivity index (χ4n) is 2.31. The lowest BCUT2D eigenvalue weighted by Gasteiger charge is -2.03. The Morgan fingerprint density at radius 3 is 2.75 bits per heavy atom. The third-order valence-corrected chi connectivity index (χ3v) is 3.03. The Bertz CT molecular complexity index is 183. The van der Waals surface area contributed by atoms with Crippen LogP contribution in [0.25, 0.3) is 0 Å². The van der Waals surface area contributed by atoms with Crippen LogP contribution in [0.4, 0.5) is 0 Å². The molecule has 12 heavy (non-hydrogen) atoms. The second kappa shape index (κ2) is 3.05. The van der Waals surface area contributed by atoms with E-state index in [0.717, 1.165) is 24.2 Å². The predicted octanol–water partition coefficient (Wildman–Crippen LogP) is 0.405. The maximum atomic E-state index is 10.5. The summed E-state index contributed by atoms with van der Waals surface area (Å²) in [6.07, 6.45) is 1.07. The van der Waals surface area contributed by atoms with Crippen molar-refractivity contribution in [1.29, 1.82) is 0 Å². The minimum absolute atomic E-state index is 0.154. The molecule has 1 aliphatic heterocycles. The minimum atomic E-state index is -0.154. The van der Waals surface area contributed by atoms with Crippen LogP contribution in [-0.4, -0.2) is 25.7 Å². The van der Waals surface area contributed by atoms with E-state index in [1.807, 2.05) is 0 Å². The molecule has 0 radical (unpaired) electrons. The van der Waals surface area contributed by atoms with Gasteiger partial charge in [-0.25, -0.2) is 0 Å². The summed E-state index contributed by atoms with van der Waals surface area (Å²) in [6.45, 7) is 4.44. The summed E-state index contributed by atoms with van der Waals surface area (Å²) in [5.74, 6) is 2.46. The summed E-state index contributed by atoms with van der Waals surface area (Å²) in [7, 11) is 0. The molecule has 0 aromatic carbocycles. The Labute approximate surface area is 72.5 Å². The molecule has 1 N–H and O–H groups in total. The highest BCUT2D eigenvalue weighted by atomic mass is 16.5. The van der Waals surface area contributed by atoms with Crippen LogP contribution in [0, 0.1) is 17.8 Å². The molecule has 2 aliphatic rings. The average molecular weight is 169 g/mol. The molecule has 1 heterocycles. The van der Waals surface area contributed by atoms with E-state index in [-0.39, 0.29) is 5.97 Å². The zero-order valence-electron chi connectivity index (χ0n) is 7.38. The van der Waals surface area contributed by atoms with Gasteiger partial charge in [0, 0.05) is 6.92 Å². The number of nitrogens with one attached hydrogen (secondary N) is 1. The van der Waals surface area contributed by atoms with E-state index >= 15 is 0 Å². The largest absolute Gasteiger partial charge is 0.466 e. The van der Waals surface area contributed by atoms with Crippen molar-refractivity contribution in [3.63, 3.8) is 0 Å². The molecule has 68 valence electrons. The number of hydrogen-bond acceptors (Lipinski definition) is 3. The molecule has 1 saturated carbocycles. The van der Waals surface area contributed by atoms with Crippen molar-refractivity contribution in [3.05, 3.63) is 0 Å². The van der Waals surface area contributed by atoms with Gasteiger partial charge in [0.1, 0.15) is 0 Å². The van der Waals surface area contributed by atoms with Gasteiger partial charge in [-0.15, -0.1) is 0 Å². The summed E-state index contributed by atoms with van der Waals surface area (Å²) in [5, 5.41) is 3.34. The van der Waals surface area contributed by atoms with Gasteiger partial charge in [0.2, 0.25) is 0 Å². The van der Waals surface area contributed by atoms with Crippen LogP contribution in [0.3, 0.4) is 0 Å². The molecule has 2 fully saturated rings. The molecule has 0 spiro atoms. The summed E-state index contributed by atoms with van der Waals surface area (Å²) >= 11 is 0.